The Balaban J connectivity index is 1.02. The van der Waals surface area contributed by atoms with Gasteiger partial charge in [-0.25, -0.2) is 15.0 Å². The second-order valence-electron chi connectivity index (χ2n) is 14.8. The molecule has 0 amide bonds. The summed E-state index contributed by atoms with van der Waals surface area (Å²) in [5.74, 6) is 1.94. The fourth-order valence-electron chi connectivity index (χ4n) is 8.87. The van der Waals surface area contributed by atoms with Crippen LogP contribution in [-0.2, 0) is 0 Å². The molecule has 0 spiro atoms. The molecule has 270 valence electrons. The molecule has 0 saturated carbocycles. The molecule has 0 atom stereocenters. The van der Waals surface area contributed by atoms with Gasteiger partial charge in [0.1, 0.15) is 0 Å². The van der Waals surface area contributed by atoms with Gasteiger partial charge in [0.05, 0.1) is 27.6 Å². The minimum absolute atomic E-state index is 0.639. The molecule has 0 N–H and O–H groups in total. The van der Waals surface area contributed by atoms with E-state index in [4.69, 9.17) is 15.0 Å². The van der Waals surface area contributed by atoms with Gasteiger partial charge >= 0.3 is 0 Å². The average molecular weight is 740 g/mol. The predicted octanol–water partition coefficient (Wildman–Crippen LogP) is 13.3. The van der Waals surface area contributed by atoms with Crippen molar-refractivity contribution in [3.05, 3.63) is 200 Å². The van der Waals surface area contributed by atoms with Gasteiger partial charge in [0.15, 0.2) is 17.5 Å². The zero-order valence-corrected chi connectivity index (χ0v) is 31.3. The van der Waals surface area contributed by atoms with E-state index in [0.29, 0.717) is 17.5 Å². The monoisotopic (exact) mass is 739 g/mol. The summed E-state index contributed by atoms with van der Waals surface area (Å²) in [4.78, 5) is 14.9. The molecule has 0 aliphatic heterocycles. The van der Waals surface area contributed by atoms with Crippen LogP contribution in [0, 0.1) is 0 Å². The quantitative estimate of drug-likeness (QED) is 0.165. The van der Waals surface area contributed by atoms with Crippen molar-refractivity contribution >= 4 is 59.9 Å². The van der Waals surface area contributed by atoms with E-state index in [2.05, 4.69) is 148 Å². The molecule has 4 aromatic heterocycles. The molecule has 12 rings (SSSR count). The van der Waals surface area contributed by atoms with Crippen LogP contribution >= 0.6 is 0 Å². The standard InChI is InChI=1S/C53H33N5/c1-3-14-35(15-4-1)51-54-52(36-16-5-2-6-17-36)56-53(55-51)39-19-13-18-37(32-39)34-26-29-40(30-27-34)57-46-24-11-10-23-44(46)45-31-28-38-33-48-43-22-8-7-20-41(43)42-21-9-12-25-47(42)58(48)49(38)50(45)57/h1-33H. The lowest BCUT2D eigenvalue weighted by Gasteiger charge is -2.13. The van der Waals surface area contributed by atoms with Gasteiger partial charge in [-0.05, 0) is 52.9 Å². The molecule has 8 aromatic carbocycles. The van der Waals surface area contributed by atoms with Crippen LogP contribution in [0.3, 0.4) is 0 Å². The first-order valence-corrected chi connectivity index (χ1v) is 19.6. The normalized spacial score (nSPS) is 11.8. The Labute approximate surface area is 333 Å². The minimum atomic E-state index is 0.639. The number of benzene rings is 8. The van der Waals surface area contributed by atoms with Gasteiger partial charge in [0, 0.05) is 49.3 Å². The molecule has 58 heavy (non-hydrogen) atoms. The van der Waals surface area contributed by atoms with Crippen LogP contribution in [0.15, 0.2) is 200 Å². The van der Waals surface area contributed by atoms with Crippen LogP contribution in [0.4, 0.5) is 0 Å². The summed E-state index contributed by atoms with van der Waals surface area (Å²) in [5, 5.41) is 7.46. The lowest BCUT2D eigenvalue weighted by atomic mass is 10.0. The molecule has 4 heterocycles. The highest BCUT2D eigenvalue weighted by Crippen LogP contribution is 2.41. The molecule has 12 aromatic rings. The highest BCUT2D eigenvalue weighted by Gasteiger charge is 2.20. The number of hydrogen-bond donors (Lipinski definition) is 0. The van der Waals surface area contributed by atoms with Crippen LogP contribution in [0.2, 0.25) is 0 Å². The number of para-hydroxylation sites is 2. The van der Waals surface area contributed by atoms with E-state index < -0.39 is 0 Å². The van der Waals surface area contributed by atoms with Gasteiger partial charge in [-0.1, -0.05) is 164 Å². The first kappa shape index (κ1) is 32.4. The van der Waals surface area contributed by atoms with Crippen LogP contribution in [0.5, 0.6) is 0 Å². The molecule has 0 unspecified atom stereocenters. The Morgan fingerprint density at radius 1 is 0.293 bits per heavy atom. The maximum Gasteiger partial charge on any atom is 0.164 e. The summed E-state index contributed by atoms with van der Waals surface area (Å²) < 4.78 is 4.93. The van der Waals surface area contributed by atoms with Crippen molar-refractivity contribution < 1.29 is 0 Å². The van der Waals surface area contributed by atoms with Crippen LogP contribution in [0.1, 0.15) is 0 Å². The summed E-state index contributed by atoms with van der Waals surface area (Å²) in [6.07, 6.45) is 0. The molecule has 0 fully saturated rings. The second kappa shape index (κ2) is 12.8. The molecule has 0 saturated heterocycles. The van der Waals surface area contributed by atoms with Crippen molar-refractivity contribution in [2.45, 2.75) is 0 Å². The first-order chi connectivity index (χ1) is 28.8. The molecule has 0 aliphatic rings. The number of hydrogen-bond acceptors (Lipinski definition) is 3. The van der Waals surface area contributed by atoms with Crippen molar-refractivity contribution in [1.82, 2.24) is 23.9 Å². The van der Waals surface area contributed by atoms with E-state index in [0.717, 1.165) is 33.5 Å². The lowest BCUT2D eigenvalue weighted by molar-refractivity contribution is 1.07. The number of aromatic nitrogens is 5. The van der Waals surface area contributed by atoms with Crippen LogP contribution < -0.4 is 0 Å². The van der Waals surface area contributed by atoms with Gasteiger partial charge < -0.3 is 8.97 Å². The topological polar surface area (TPSA) is 48.0 Å². The molecule has 5 heteroatoms. The molecule has 0 aliphatic carbocycles. The molecule has 0 radical (unpaired) electrons. The SMILES string of the molecule is c1ccc(-c2nc(-c3ccccc3)nc(-c3cccc(-c4ccc(-n5c6ccccc6c6ccc7cc8c9ccccc9c9ccccc9n8c7c65)cc4)c3)n2)cc1. The molecule has 0 bridgehead atoms. The largest absolute Gasteiger partial charge is 0.307 e. The van der Waals surface area contributed by atoms with Gasteiger partial charge in [0.25, 0.3) is 0 Å². The number of nitrogens with zero attached hydrogens (tertiary/aromatic N) is 5. The average Bonchev–Trinajstić information content (AvgIpc) is 3.87. The summed E-state index contributed by atoms with van der Waals surface area (Å²) in [6, 6.07) is 71.0. The van der Waals surface area contributed by atoms with E-state index in [-0.39, 0.29) is 0 Å². The third kappa shape index (κ3) is 5.00. The Bertz CT molecular complexity index is 3490. The van der Waals surface area contributed by atoms with Crippen LogP contribution in [0.25, 0.3) is 111 Å². The fourth-order valence-corrected chi connectivity index (χ4v) is 8.87. The Morgan fingerprint density at radius 3 is 1.48 bits per heavy atom. The summed E-state index contributed by atoms with van der Waals surface area (Å²) in [5.41, 5.74) is 12.2. The van der Waals surface area contributed by atoms with E-state index in [1.807, 2.05) is 60.7 Å². The number of rotatable bonds is 5. The van der Waals surface area contributed by atoms with Crippen molar-refractivity contribution in [1.29, 1.82) is 0 Å². The summed E-state index contributed by atoms with van der Waals surface area (Å²) in [6.45, 7) is 0. The van der Waals surface area contributed by atoms with E-state index in [1.54, 1.807) is 0 Å². The van der Waals surface area contributed by atoms with Gasteiger partial charge in [0.2, 0.25) is 0 Å². The summed E-state index contributed by atoms with van der Waals surface area (Å²) in [7, 11) is 0. The lowest BCUT2D eigenvalue weighted by Crippen LogP contribution is -2.00. The first-order valence-electron chi connectivity index (χ1n) is 19.6. The maximum absolute atomic E-state index is 4.99. The van der Waals surface area contributed by atoms with E-state index in [1.165, 1.54) is 59.9 Å². The van der Waals surface area contributed by atoms with Crippen LogP contribution in [-0.4, -0.2) is 23.9 Å². The fraction of sp³-hybridized carbons (Fsp3) is 0. The van der Waals surface area contributed by atoms with E-state index in [9.17, 15) is 0 Å². The highest BCUT2D eigenvalue weighted by atomic mass is 15.0. The van der Waals surface area contributed by atoms with Crippen molar-refractivity contribution in [3.63, 3.8) is 0 Å². The molecular formula is C53H33N5. The zero-order valence-electron chi connectivity index (χ0n) is 31.3. The van der Waals surface area contributed by atoms with Gasteiger partial charge in [-0.15, -0.1) is 0 Å². The van der Waals surface area contributed by atoms with Gasteiger partial charge in [-0.3, -0.25) is 0 Å². The van der Waals surface area contributed by atoms with E-state index >= 15 is 0 Å². The number of fused-ring (bicyclic) bond motifs is 12. The second-order valence-corrected chi connectivity index (χ2v) is 14.8. The predicted molar refractivity (Wildman–Crippen MR) is 239 cm³/mol. The summed E-state index contributed by atoms with van der Waals surface area (Å²) >= 11 is 0. The van der Waals surface area contributed by atoms with Crippen molar-refractivity contribution in [2.24, 2.45) is 0 Å². The zero-order chi connectivity index (χ0) is 38.2. The Kier molecular flexibility index (Phi) is 7.16. The maximum atomic E-state index is 4.99. The minimum Gasteiger partial charge on any atom is -0.307 e. The highest BCUT2D eigenvalue weighted by molar-refractivity contribution is 6.22. The number of pyridine rings is 1. The molecular weight excluding hydrogens is 707 g/mol. The smallest absolute Gasteiger partial charge is 0.164 e. The Hall–Kier alpha value is -7.89. The third-order valence-electron chi connectivity index (χ3n) is 11.5. The van der Waals surface area contributed by atoms with Gasteiger partial charge in [-0.2, -0.15) is 0 Å². The van der Waals surface area contributed by atoms with Crippen molar-refractivity contribution in [3.8, 4) is 51.0 Å². The third-order valence-corrected chi connectivity index (χ3v) is 11.5. The van der Waals surface area contributed by atoms with Crippen molar-refractivity contribution in [2.75, 3.05) is 0 Å². The Morgan fingerprint density at radius 2 is 0.810 bits per heavy atom. The molecule has 5 nitrogen and oxygen atoms in total.